The summed E-state index contributed by atoms with van der Waals surface area (Å²) in [5.74, 6) is 1.29. The molecule has 0 fully saturated rings. The third-order valence-corrected chi connectivity index (χ3v) is 9.94. The predicted octanol–water partition coefficient (Wildman–Crippen LogP) is 11.7. The van der Waals surface area contributed by atoms with Crippen LogP contribution in [-0.2, 0) is 19.1 Å². The quantitative estimate of drug-likeness (QED) is 0.0538. The molecule has 0 radical (unpaired) electrons. The molecule has 0 rings (SSSR count). The molecule has 1 unspecified atom stereocenters. The van der Waals surface area contributed by atoms with Crippen LogP contribution in [0, 0.1) is 0 Å². The second-order valence-corrected chi connectivity index (χ2v) is 14.5. The molecule has 0 heterocycles. The van der Waals surface area contributed by atoms with Crippen molar-refractivity contribution in [3.05, 3.63) is 0 Å². The Hall–Kier alpha value is -1.04. The molecule has 6 heteroatoms. The van der Waals surface area contributed by atoms with Gasteiger partial charge in [0.25, 0.3) is 0 Å². The van der Waals surface area contributed by atoms with E-state index in [1.54, 1.807) is 18.7 Å². The number of ketones is 1. The van der Waals surface area contributed by atoms with E-state index in [1.165, 1.54) is 141 Å². The molecule has 0 aromatic carbocycles. The predicted molar refractivity (Wildman–Crippen MR) is 196 cm³/mol. The van der Waals surface area contributed by atoms with E-state index in [2.05, 4.69) is 19.2 Å². The zero-order chi connectivity index (χ0) is 33.1. The van der Waals surface area contributed by atoms with Crippen molar-refractivity contribution in [3.63, 3.8) is 0 Å². The van der Waals surface area contributed by atoms with Crippen LogP contribution < -0.4 is 5.32 Å². The molecule has 0 saturated carbocycles. The lowest BCUT2D eigenvalue weighted by Crippen LogP contribution is -2.41. The highest BCUT2D eigenvalue weighted by Crippen LogP contribution is 2.15. The molecule has 45 heavy (non-hydrogen) atoms. The van der Waals surface area contributed by atoms with E-state index >= 15 is 0 Å². The molecule has 5 nitrogen and oxygen atoms in total. The van der Waals surface area contributed by atoms with Gasteiger partial charge in [0.05, 0.1) is 12.6 Å². The average Bonchev–Trinajstić information content (AvgIpc) is 3.02. The Bertz CT molecular complexity index is 671. The van der Waals surface area contributed by atoms with E-state index in [1.807, 2.05) is 0 Å². The maximum absolute atomic E-state index is 12.4. The molecular formula is C39H75NO4S. The monoisotopic (exact) mass is 654 g/mol. The van der Waals surface area contributed by atoms with Crippen molar-refractivity contribution >= 4 is 29.4 Å². The number of unbranched alkanes of at least 4 members (excludes halogenated alkanes) is 24. The lowest BCUT2D eigenvalue weighted by Gasteiger charge is -2.15. The fourth-order valence-electron chi connectivity index (χ4n) is 5.74. The van der Waals surface area contributed by atoms with E-state index in [0.29, 0.717) is 25.2 Å². The van der Waals surface area contributed by atoms with Crippen LogP contribution in [0.4, 0.5) is 0 Å². The van der Waals surface area contributed by atoms with Gasteiger partial charge in [-0.05, 0) is 31.9 Å². The van der Waals surface area contributed by atoms with Crippen LogP contribution in [0.1, 0.15) is 207 Å². The first-order valence-corrected chi connectivity index (χ1v) is 20.7. The van der Waals surface area contributed by atoms with E-state index in [9.17, 15) is 14.4 Å². The first-order chi connectivity index (χ1) is 22.0. The summed E-state index contributed by atoms with van der Waals surface area (Å²) < 4.78 is 5.39. The molecule has 1 N–H and O–H groups in total. The lowest BCUT2D eigenvalue weighted by atomic mass is 10.0. The maximum atomic E-state index is 12.4. The van der Waals surface area contributed by atoms with Crippen LogP contribution in [0.15, 0.2) is 0 Å². The topological polar surface area (TPSA) is 72.5 Å². The van der Waals surface area contributed by atoms with Crippen molar-refractivity contribution in [1.82, 2.24) is 5.32 Å². The third kappa shape index (κ3) is 34.1. The molecule has 1 amide bonds. The van der Waals surface area contributed by atoms with Gasteiger partial charge >= 0.3 is 5.97 Å². The third-order valence-electron chi connectivity index (χ3n) is 8.80. The highest BCUT2D eigenvalue weighted by atomic mass is 32.2. The summed E-state index contributed by atoms with van der Waals surface area (Å²) in [6.07, 6.45) is 35.4. The fourth-order valence-corrected chi connectivity index (χ4v) is 6.78. The summed E-state index contributed by atoms with van der Waals surface area (Å²) in [4.78, 5) is 36.4. The first-order valence-electron chi connectivity index (χ1n) is 19.5. The molecule has 0 spiro atoms. The van der Waals surface area contributed by atoms with Crippen molar-refractivity contribution in [2.45, 2.75) is 213 Å². The van der Waals surface area contributed by atoms with Crippen molar-refractivity contribution in [3.8, 4) is 0 Å². The van der Waals surface area contributed by atoms with E-state index in [4.69, 9.17) is 4.74 Å². The number of amides is 1. The van der Waals surface area contributed by atoms with Crippen LogP contribution >= 0.6 is 11.8 Å². The largest absolute Gasteiger partial charge is 0.466 e. The minimum Gasteiger partial charge on any atom is -0.466 e. The number of Topliss-reactive ketones (excluding diaryl/α,β-unsaturated/α-hetero) is 1. The minimum atomic E-state index is -0.428. The Kier molecular flexibility index (Phi) is 35.0. The average molecular weight is 654 g/mol. The van der Waals surface area contributed by atoms with Gasteiger partial charge in [-0.1, -0.05) is 168 Å². The van der Waals surface area contributed by atoms with Gasteiger partial charge in [-0.2, -0.15) is 11.8 Å². The Morgan fingerprint density at radius 3 is 1.31 bits per heavy atom. The smallest absolute Gasteiger partial charge is 0.305 e. The normalized spacial score (nSPS) is 11.9. The Morgan fingerprint density at radius 1 is 0.533 bits per heavy atom. The van der Waals surface area contributed by atoms with Crippen LogP contribution in [0.3, 0.4) is 0 Å². The van der Waals surface area contributed by atoms with Crippen molar-refractivity contribution in [2.24, 2.45) is 0 Å². The Labute approximate surface area is 284 Å². The van der Waals surface area contributed by atoms with Gasteiger partial charge in [-0.25, -0.2) is 0 Å². The van der Waals surface area contributed by atoms with Crippen molar-refractivity contribution in [2.75, 3.05) is 18.1 Å². The van der Waals surface area contributed by atoms with Crippen LogP contribution in [0.25, 0.3) is 0 Å². The molecule has 0 aromatic rings. The number of esters is 1. The van der Waals surface area contributed by atoms with E-state index < -0.39 is 6.04 Å². The number of carbonyl (C=O) groups is 3. The molecule has 0 aliphatic carbocycles. The Balaban J connectivity index is 3.59. The zero-order valence-corrected chi connectivity index (χ0v) is 31.1. The SMILES string of the molecule is CCCCCCCCCCCCCCCC(=O)NC(CSCCCOC(=O)CCCCCCCCCCCCCCC)C(C)=O. The maximum Gasteiger partial charge on any atom is 0.305 e. The molecule has 0 aliphatic heterocycles. The van der Waals surface area contributed by atoms with Crippen molar-refractivity contribution in [1.29, 1.82) is 0 Å². The molecule has 0 aromatic heterocycles. The summed E-state index contributed by atoms with van der Waals surface area (Å²) in [6, 6.07) is -0.428. The van der Waals surface area contributed by atoms with Gasteiger partial charge in [-0.15, -0.1) is 0 Å². The van der Waals surface area contributed by atoms with Gasteiger partial charge in [0.2, 0.25) is 5.91 Å². The van der Waals surface area contributed by atoms with Crippen LogP contribution in [0.2, 0.25) is 0 Å². The number of rotatable bonds is 36. The second-order valence-electron chi connectivity index (χ2n) is 13.4. The highest BCUT2D eigenvalue weighted by molar-refractivity contribution is 7.99. The highest BCUT2D eigenvalue weighted by Gasteiger charge is 2.16. The molecule has 1 atom stereocenters. The van der Waals surface area contributed by atoms with Crippen LogP contribution in [0.5, 0.6) is 0 Å². The lowest BCUT2D eigenvalue weighted by molar-refractivity contribution is -0.143. The summed E-state index contributed by atoms with van der Waals surface area (Å²) in [5.41, 5.74) is 0. The van der Waals surface area contributed by atoms with Gasteiger partial charge < -0.3 is 10.1 Å². The first kappa shape index (κ1) is 44.0. The summed E-state index contributed by atoms with van der Waals surface area (Å²) >= 11 is 1.64. The van der Waals surface area contributed by atoms with Crippen LogP contribution in [-0.4, -0.2) is 41.8 Å². The van der Waals surface area contributed by atoms with Gasteiger partial charge in [0.15, 0.2) is 5.78 Å². The van der Waals surface area contributed by atoms with Gasteiger partial charge in [-0.3, -0.25) is 14.4 Å². The number of ether oxygens (including phenoxy) is 1. The van der Waals surface area contributed by atoms with E-state index in [-0.39, 0.29) is 17.7 Å². The molecule has 266 valence electrons. The molecule has 0 saturated heterocycles. The summed E-state index contributed by atoms with van der Waals surface area (Å²) in [5, 5.41) is 2.93. The number of thioether (sulfide) groups is 1. The summed E-state index contributed by atoms with van der Waals surface area (Å²) in [7, 11) is 0. The van der Waals surface area contributed by atoms with E-state index in [0.717, 1.165) is 37.9 Å². The zero-order valence-electron chi connectivity index (χ0n) is 30.2. The Morgan fingerprint density at radius 2 is 0.911 bits per heavy atom. The second kappa shape index (κ2) is 35.8. The summed E-state index contributed by atoms with van der Waals surface area (Å²) in [6.45, 7) is 6.51. The number of nitrogens with one attached hydrogen (secondary N) is 1. The fraction of sp³-hybridized carbons (Fsp3) is 0.923. The van der Waals surface area contributed by atoms with Gasteiger partial charge in [0.1, 0.15) is 0 Å². The standard InChI is InChI=1S/C39H75NO4S/c1-4-6-8-10-12-14-16-18-20-22-24-26-28-31-38(42)40-37(36(3)41)35-45-34-30-33-44-39(43)32-29-27-25-23-21-19-17-15-13-11-9-7-5-2/h37H,4-35H2,1-3H3,(H,40,42). The van der Waals surface area contributed by atoms with Gasteiger partial charge in [0, 0.05) is 18.6 Å². The van der Waals surface area contributed by atoms with Crippen molar-refractivity contribution < 1.29 is 19.1 Å². The number of hydrogen-bond acceptors (Lipinski definition) is 5. The number of hydrogen-bond donors (Lipinski definition) is 1. The molecular weight excluding hydrogens is 578 g/mol. The molecule has 0 aliphatic rings. The minimum absolute atomic E-state index is 0.00504. The molecule has 0 bridgehead atoms. The number of carbonyl (C=O) groups excluding carboxylic acids is 3.